The number of rotatable bonds is 5. The van der Waals surface area contributed by atoms with Gasteiger partial charge in [0.1, 0.15) is 0 Å². The zero-order valence-corrected chi connectivity index (χ0v) is 12.5. The standard InChI is InChI=1S/C15H29N3O/c1-12(2)9-14(16)15(19)18-8-5-13(11-18)10-17-6-3-4-7-17/h12-14H,3-11,16H2,1-2H3/t13?,14-/m0/s1. The molecule has 2 heterocycles. The highest BCUT2D eigenvalue weighted by Crippen LogP contribution is 2.21. The number of amides is 1. The highest BCUT2D eigenvalue weighted by molar-refractivity contribution is 5.81. The molecule has 2 saturated heterocycles. The molecule has 1 unspecified atom stereocenters. The molecule has 2 atom stereocenters. The first-order valence-electron chi connectivity index (χ1n) is 7.83. The minimum absolute atomic E-state index is 0.164. The molecule has 0 saturated carbocycles. The van der Waals surface area contributed by atoms with Crippen molar-refractivity contribution in [2.75, 3.05) is 32.7 Å². The van der Waals surface area contributed by atoms with Gasteiger partial charge < -0.3 is 15.5 Å². The molecule has 2 N–H and O–H groups in total. The molecule has 2 aliphatic heterocycles. The van der Waals surface area contributed by atoms with Crippen LogP contribution in [0.15, 0.2) is 0 Å². The lowest BCUT2D eigenvalue weighted by Crippen LogP contribution is -2.43. The first kappa shape index (κ1) is 14.8. The Kier molecular flexibility index (Phi) is 5.22. The van der Waals surface area contributed by atoms with Crippen molar-refractivity contribution in [3.8, 4) is 0 Å². The third-order valence-electron chi connectivity index (χ3n) is 4.36. The van der Waals surface area contributed by atoms with Crippen LogP contribution in [0.2, 0.25) is 0 Å². The summed E-state index contributed by atoms with van der Waals surface area (Å²) in [5, 5.41) is 0. The number of likely N-dealkylation sites (tertiary alicyclic amines) is 2. The minimum atomic E-state index is -0.300. The Morgan fingerprint density at radius 3 is 2.58 bits per heavy atom. The molecule has 0 aromatic rings. The SMILES string of the molecule is CC(C)C[C@H](N)C(=O)N1CCC(CN2CCCC2)C1. The number of carbonyl (C=O) groups is 1. The van der Waals surface area contributed by atoms with Crippen LogP contribution in [0.5, 0.6) is 0 Å². The van der Waals surface area contributed by atoms with Gasteiger partial charge >= 0.3 is 0 Å². The van der Waals surface area contributed by atoms with Gasteiger partial charge in [0.2, 0.25) is 5.91 Å². The van der Waals surface area contributed by atoms with E-state index in [1.807, 2.05) is 4.90 Å². The first-order valence-corrected chi connectivity index (χ1v) is 7.83. The van der Waals surface area contributed by atoms with Crippen molar-refractivity contribution in [2.45, 2.75) is 45.6 Å². The van der Waals surface area contributed by atoms with Gasteiger partial charge in [-0.05, 0) is 50.6 Å². The molecule has 4 nitrogen and oxygen atoms in total. The van der Waals surface area contributed by atoms with Gasteiger partial charge in [-0.1, -0.05) is 13.8 Å². The molecule has 110 valence electrons. The summed E-state index contributed by atoms with van der Waals surface area (Å²) >= 11 is 0. The maximum atomic E-state index is 12.3. The molecular formula is C15H29N3O. The Morgan fingerprint density at radius 2 is 1.95 bits per heavy atom. The Bertz CT molecular complexity index is 300. The smallest absolute Gasteiger partial charge is 0.239 e. The van der Waals surface area contributed by atoms with Crippen molar-refractivity contribution >= 4 is 5.91 Å². The molecular weight excluding hydrogens is 238 g/mol. The summed E-state index contributed by atoms with van der Waals surface area (Å²) in [6, 6.07) is -0.300. The van der Waals surface area contributed by atoms with Gasteiger partial charge in [0.15, 0.2) is 0 Å². The van der Waals surface area contributed by atoms with Crippen molar-refractivity contribution in [1.29, 1.82) is 0 Å². The second kappa shape index (κ2) is 6.71. The highest BCUT2D eigenvalue weighted by atomic mass is 16.2. The topological polar surface area (TPSA) is 49.6 Å². The van der Waals surface area contributed by atoms with Crippen molar-refractivity contribution in [1.82, 2.24) is 9.80 Å². The summed E-state index contributed by atoms with van der Waals surface area (Å²) in [7, 11) is 0. The minimum Gasteiger partial charge on any atom is -0.341 e. The van der Waals surface area contributed by atoms with E-state index in [0.29, 0.717) is 11.8 Å². The lowest BCUT2D eigenvalue weighted by molar-refractivity contribution is -0.132. The van der Waals surface area contributed by atoms with E-state index in [0.717, 1.165) is 25.9 Å². The third kappa shape index (κ3) is 4.18. The van der Waals surface area contributed by atoms with E-state index in [4.69, 9.17) is 5.73 Å². The number of hydrogen-bond donors (Lipinski definition) is 1. The Balaban J connectivity index is 1.75. The number of nitrogens with zero attached hydrogens (tertiary/aromatic N) is 2. The van der Waals surface area contributed by atoms with Crippen LogP contribution in [0, 0.1) is 11.8 Å². The lowest BCUT2D eigenvalue weighted by atomic mass is 10.0. The molecule has 2 rings (SSSR count). The maximum absolute atomic E-state index is 12.3. The molecule has 0 aliphatic carbocycles. The Morgan fingerprint density at radius 1 is 1.26 bits per heavy atom. The van der Waals surface area contributed by atoms with Crippen LogP contribution in [0.1, 0.15) is 39.5 Å². The van der Waals surface area contributed by atoms with Gasteiger partial charge in [0.25, 0.3) is 0 Å². The van der Waals surface area contributed by atoms with Gasteiger partial charge in [0.05, 0.1) is 6.04 Å². The average Bonchev–Trinajstić information content (AvgIpc) is 2.99. The molecule has 0 spiro atoms. The van der Waals surface area contributed by atoms with Gasteiger partial charge in [-0.25, -0.2) is 0 Å². The second-order valence-corrected chi connectivity index (χ2v) is 6.68. The lowest BCUT2D eigenvalue weighted by Gasteiger charge is -2.23. The molecule has 1 amide bonds. The summed E-state index contributed by atoms with van der Waals surface area (Å²) < 4.78 is 0. The van der Waals surface area contributed by atoms with Crippen LogP contribution in [0.25, 0.3) is 0 Å². The van der Waals surface area contributed by atoms with Crippen LogP contribution >= 0.6 is 0 Å². The largest absolute Gasteiger partial charge is 0.341 e. The van der Waals surface area contributed by atoms with Crippen LogP contribution in [0.3, 0.4) is 0 Å². The van der Waals surface area contributed by atoms with E-state index in [9.17, 15) is 4.79 Å². The van der Waals surface area contributed by atoms with E-state index in [1.54, 1.807) is 0 Å². The monoisotopic (exact) mass is 267 g/mol. The fourth-order valence-electron chi connectivity index (χ4n) is 3.36. The Labute approximate surface area is 117 Å². The van der Waals surface area contributed by atoms with E-state index in [2.05, 4.69) is 18.7 Å². The summed E-state index contributed by atoms with van der Waals surface area (Å²) in [6.07, 6.45) is 4.63. The fraction of sp³-hybridized carbons (Fsp3) is 0.933. The van der Waals surface area contributed by atoms with Crippen molar-refractivity contribution in [3.63, 3.8) is 0 Å². The van der Waals surface area contributed by atoms with Gasteiger partial charge in [-0.2, -0.15) is 0 Å². The van der Waals surface area contributed by atoms with Crippen molar-refractivity contribution < 1.29 is 4.79 Å². The molecule has 0 radical (unpaired) electrons. The van der Waals surface area contributed by atoms with Gasteiger partial charge in [-0.15, -0.1) is 0 Å². The van der Waals surface area contributed by atoms with Crippen molar-refractivity contribution in [3.05, 3.63) is 0 Å². The predicted octanol–water partition coefficient (Wildman–Crippen LogP) is 1.30. The predicted molar refractivity (Wildman–Crippen MR) is 77.8 cm³/mol. The summed E-state index contributed by atoms with van der Waals surface area (Å²) in [6.45, 7) is 9.72. The molecule has 2 aliphatic rings. The van der Waals surface area contributed by atoms with Crippen LogP contribution < -0.4 is 5.73 Å². The van der Waals surface area contributed by atoms with E-state index < -0.39 is 0 Å². The van der Waals surface area contributed by atoms with Crippen molar-refractivity contribution in [2.24, 2.45) is 17.6 Å². The third-order valence-corrected chi connectivity index (χ3v) is 4.36. The normalized spacial score (nSPS) is 26.3. The maximum Gasteiger partial charge on any atom is 0.239 e. The molecule has 0 bridgehead atoms. The van der Waals surface area contributed by atoms with Crippen LogP contribution in [0.4, 0.5) is 0 Å². The number of carbonyl (C=O) groups excluding carboxylic acids is 1. The zero-order chi connectivity index (χ0) is 13.8. The van der Waals surface area contributed by atoms with E-state index in [-0.39, 0.29) is 11.9 Å². The summed E-state index contributed by atoms with van der Waals surface area (Å²) in [4.78, 5) is 16.8. The Hall–Kier alpha value is -0.610. The van der Waals surface area contributed by atoms with Crippen LogP contribution in [-0.4, -0.2) is 54.5 Å². The second-order valence-electron chi connectivity index (χ2n) is 6.68. The van der Waals surface area contributed by atoms with Gasteiger partial charge in [-0.3, -0.25) is 4.79 Å². The number of nitrogens with two attached hydrogens (primary N) is 1. The average molecular weight is 267 g/mol. The first-order chi connectivity index (χ1) is 9.06. The molecule has 4 heteroatoms. The quantitative estimate of drug-likeness (QED) is 0.817. The molecule has 0 aromatic carbocycles. The summed E-state index contributed by atoms with van der Waals surface area (Å²) in [5.41, 5.74) is 6.01. The highest BCUT2D eigenvalue weighted by Gasteiger charge is 2.30. The fourth-order valence-corrected chi connectivity index (χ4v) is 3.36. The summed E-state index contributed by atoms with van der Waals surface area (Å²) in [5.74, 6) is 1.31. The van der Waals surface area contributed by atoms with Crippen LogP contribution in [-0.2, 0) is 4.79 Å². The van der Waals surface area contributed by atoms with E-state index in [1.165, 1.54) is 32.5 Å². The molecule has 0 aromatic heterocycles. The molecule has 2 fully saturated rings. The van der Waals surface area contributed by atoms with E-state index >= 15 is 0 Å². The zero-order valence-electron chi connectivity index (χ0n) is 12.5. The number of hydrogen-bond acceptors (Lipinski definition) is 3. The molecule has 19 heavy (non-hydrogen) atoms. The van der Waals surface area contributed by atoms with Gasteiger partial charge in [0, 0.05) is 19.6 Å².